The largest absolute Gasteiger partial charge is 0.465 e. The third-order valence-electron chi connectivity index (χ3n) is 1.53. The van der Waals surface area contributed by atoms with Gasteiger partial charge in [-0.2, -0.15) is 0 Å². The third kappa shape index (κ3) is 2.43. The number of carbonyl (C=O) groups excluding carboxylic acids is 2. The van der Waals surface area contributed by atoms with Crippen LogP contribution in [0.1, 0.15) is 30.0 Å². The van der Waals surface area contributed by atoms with Crippen LogP contribution in [0.3, 0.4) is 0 Å². The van der Waals surface area contributed by atoms with Crippen LogP contribution in [0.25, 0.3) is 0 Å². The van der Waals surface area contributed by atoms with Gasteiger partial charge in [0.15, 0.2) is 11.5 Å². The number of ether oxygens (including phenoxy) is 1. The zero-order valence-electron chi connectivity index (χ0n) is 7.49. The molecule has 0 atom stereocenters. The van der Waals surface area contributed by atoms with Gasteiger partial charge in [-0.3, -0.25) is 9.59 Å². The Morgan fingerprint density at radius 2 is 2.15 bits per heavy atom. The summed E-state index contributed by atoms with van der Waals surface area (Å²) in [5.41, 5.74) is 0.459. The standard InChI is InChI=1S/C9H10O4/c1-6(10)8-3-4-12-9(8)5-13-7(2)11/h3-4H,5H2,1-2H3. The summed E-state index contributed by atoms with van der Waals surface area (Å²) in [5.74, 6) is -0.107. The monoisotopic (exact) mass is 182 g/mol. The molecule has 0 bridgehead atoms. The number of rotatable bonds is 3. The highest BCUT2D eigenvalue weighted by atomic mass is 16.5. The number of carbonyl (C=O) groups is 2. The highest BCUT2D eigenvalue weighted by Gasteiger charge is 2.11. The molecule has 0 unspecified atom stereocenters. The minimum Gasteiger partial charge on any atom is -0.465 e. The minimum atomic E-state index is -0.397. The van der Waals surface area contributed by atoms with E-state index in [2.05, 4.69) is 0 Å². The van der Waals surface area contributed by atoms with Crippen LogP contribution < -0.4 is 0 Å². The molecule has 4 nitrogen and oxygen atoms in total. The van der Waals surface area contributed by atoms with E-state index in [0.29, 0.717) is 11.3 Å². The van der Waals surface area contributed by atoms with E-state index in [1.54, 1.807) is 6.07 Å². The van der Waals surface area contributed by atoms with E-state index in [-0.39, 0.29) is 12.4 Å². The van der Waals surface area contributed by atoms with Crippen LogP contribution >= 0.6 is 0 Å². The minimum absolute atomic E-state index is 0.0112. The van der Waals surface area contributed by atoms with Gasteiger partial charge in [0.2, 0.25) is 0 Å². The number of hydrogen-bond acceptors (Lipinski definition) is 4. The molecule has 0 aliphatic carbocycles. The predicted octanol–water partition coefficient (Wildman–Crippen LogP) is 1.55. The van der Waals surface area contributed by atoms with E-state index in [4.69, 9.17) is 9.15 Å². The Bertz CT molecular complexity index is 324. The van der Waals surface area contributed by atoms with Crippen molar-refractivity contribution in [2.24, 2.45) is 0 Å². The van der Waals surface area contributed by atoms with E-state index in [1.807, 2.05) is 0 Å². The summed E-state index contributed by atoms with van der Waals surface area (Å²) in [6.45, 7) is 2.75. The molecular weight excluding hydrogens is 172 g/mol. The Balaban J connectivity index is 2.71. The average Bonchev–Trinajstić information content (AvgIpc) is 2.47. The smallest absolute Gasteiger partial charge is 0.303 e. The summed E-state index contributed by atoms with van der Waals surface area (Å²) >= 11 is 0. The second-order valence-electron chi connectivity index (χ2n) is 2.59. The molecule has 13 heavy (non-hydrogen) atoms. The zero-order chi connectivity index (χ0) is 9.84. The molecule has 1 heterocycles. The summed E-state index contributed by atoms with van der Waals surface area (Å²) in [4.78, 5) is 21.4. The fourth-order valence-electron chi connectivity index (χ4n) is 0.933. The zero-order valence-corrected chi connectivity index (χ0v) is 7.49. The van der Waals surface area contributed by atoms with Gasteiger partial charge in [-0.25, -0.2) is 0 Å². The molecular formula is C9H10O4. The highest BCUT2D eigenvalue weighted by molar-refractivity contribution is 5.94. The number of Topliss-reactive ketones (excluding diaryl/α,β-unsaturated/α-hetero) is 1. The molecule has 70 valence electrons. The Labute approximate surface area is 75.5 Å². The maximum absolute atomic E-state index is 11.0. The molecule has 0 N–H and O–H groups in total. The summed E-state index contributed by atoms with van der Waals surface area (Å²) in [5, 5.41) is 0. The first-order valence-corrected chi connectivity index (χ1v) is 3.82. The maximum Gasteiger partial charge on any atom is 0.303 e. The van der Waals surface area contributed by atoms with Crippen LogP contribution in [-0.4, -0.2) is 11.8 Å². The first-order valence-electron chi connectivity index (χ1n) is 3.82. The van der Waals surface area contributed by atoms with Crippen molar-refractivity contribution in [1.82, 2.24) is 0 Å². The fraction of sp³-hybridized carbons (Fsp3) is 0.333. The molecule has 1 aromatic heterocycles. The lowest BCUT2D eigenvalue weighted by atomic mass is 10.2. The predicted molar refractivity (Wildman–Crippen MR) is 44.2 cm³/mol. The van der Waals surface area contributed by atoms with Gasteiger partial charge < -0.3 is 9.15 Å². The number of hydrogen-bond donors (Lipinski definition) is 0. The fourth-order valence-corrected chi connectivity index (χ4v) is 0.933. The van der Waals surface area contributed by atoms with Crippen LogP contribution in [0, 0.1) is 0 Å². The molecule has 0 radical (unpaired) electrons. The molecule has 0 saturated heterocycles. The molecule has 0 fully saturated rings. The Kier molecular flexibility index (Phi) is 2.84. The van der Waals surface area contributed by atoms with Crippen molar-refractivity contribution in [2.45, 2.75) is 20.5 Å². The van der Waals surface area contributed by atoms with Gasteiger partial charge in [-0.1, -0.05) is 0 Å². The lowest BCUT2D eigenvalue weighted by molar-refractivity contribution is -0.142. The Hall–Kier alpha value is -1.58. The van der Waals surface area contributed by atoms with Gasteiger partial charge in [0, 0.05) is 6.92 Å². The van der Waals surface area contributed by atoms with E-state index in [9.17, 15) is 9.59 Å². The second-order valence-corrected chi connectivity index (χ2v) is 2.59. The molecule has 0 aromatic carbocycles. The van der Waals surface area contributed by atoms with Crippen molar-refractivity contribution in [3.8, 4) is 0 Å². The Morgan fingerprint density at radius 3 is 2.69 bits per heavy atom. The Morgan fingerprint density at radius 1 is 1.46 bits per heavy atom. The van der Waals surface area contributed by atoms with Crippen LogP contribution in [0.2, 0.25) is 0 Å². The van der Waals surface area contributed by atoms with Crippen molar-refractivity contribution in [1.29, 1.82) is 0 Å². The number of furan rings is 1. The SMILES string of the molecule is CC(=O)OCc1occc1C(C)=O. The van der Waals surface area contributed by atoms with Gasteiger partial charge >= 0.3 is 5.97 Å². The van der Waals surface area contributed by atoms with Crippen molar-refractivity contribution >= 4 is 11.8 Å². The molecule has 0 aliphatic heterocycles. The van der Waals surface area contributed by atoms with Gasteiger partial charge in [-0.05, 0) is 13.0 Å². The van der Waals surface area contributed by atoms with E-state index in [1.165, 1.54) is 20.1 Å². The van der Waals surface area contributed by atoms with Crippen molar-refractivity contribution in [3.05, 3.63) is 23.7 Å². The van der Waals surface area contributed by atoms with E-state index < -0.39 is 5.97 Å². The highest BCUT2D eigenvalue weighted by Crippen LogP contribution is 2.12. The lowest BCUT2D eigenvalue weighted by Crippen LogP contribution is -2.02. The van der Waals surface area contributed by atoms with Gasteiger partial charge in [-0.15, -0.1) is 0 Å². The molecule has 4 heteroatoms. The topological polar surface area (TPSA) is 56.5 Å². The van der Waals surface area contributed by atoms with Gasteiger partial charge in [0.1, 0.15) is 6.61 Å². The van der Waals surface area contributed by atoms with Crippen LogP contribution in [-0.2, 0) is 16.1 Å². The maximum atomic E-state index is 11.0. The van der Waals surface area contributed by atoms with Crippen molar-refractivity contribution in [2.75, 3.05) is 0 Å². The van der Waals surface area contributed by atoms with Gasteiger partial charge in [0.25, 0.3) is 0 Å². The summed E-state index contributed by atoms with van der Waals surface area (Å²) in [6, 6.07) is 1.56. The molecule has 1 aromatic rings. The summed E-state index contributed by atoms with van der Waals surface area (Å²) < 4.78 is 9.67. The molecule has 1 rings (SSSR count). The van der Waals surface area contributed by atoms with Crippen LogP contribution in [0.15, 0.2) is 16.7 Å². The molecule has 0 spiro atoms. The van der Waals surface area contributed by atoms with E-state index in [0.717, 1.165) is 0 Å². The van der Waals surface area contributed by atoms with Crippen LogP contribution in [0.5, 0.6) is 0 Å². The van der Waals surface area contributed by atoms with Gasteiger partial charge in [0.05, 0.1) is 11.8 Å². The lowest BCUT2D eigenvalue weighted by Gasteiger charge is -1.99. The first-order chi connectivity index (χ1) is 6.11. The summed E-state index contributed by atoms with van der Waals surface area (Å²) in [7, 11) is 0. The molecule has 0 amide bonds. The number of ketones is 1. The molecule has 0 aliphatic rings. The second kappa shape index (κ2) is 3.89. The van der Waals surface area contributed by atoms with E-state index >= 15 is 0 Å². The van der Waals surface area contributed by atoms with Crippen molar-refractivity contribution < 1.29 is 18.7 Å². The average molecular weight is 182 g/mol. The first kappa shape index (κ1) is 9.51. The quantitative estimate of drug-likeness (QED) is 0.525. The summed E-state index contributed by atoms with van der Waals surface area (Å²) in [6.07, 6.45) is 1.40. The third-order valence-corrected chi connectivity index (χ3v) is 1.53. The molecule has 0 saturated carbocycles. The number of esters is 1. The normalized spacial score (nSPS) is 9.69. The van der Waals surface area contributed by atoms with Crippen molar-refractivity contribution in [3.63, 3.8) is 0 Å². The van der Waals surface area contributed by atoms with Crippen LogP contribution in [0.4, 0.5) is 0 Å².